The number of hydrogen-bond acceptors (Lipinski definition) is 2. The van der Waals surface area contributed by atoms with Crippen molar-refractivity contribution in [3.05, 3.63) is 29.0 Å². The molecule has 1 N–H and O–H groups in total. The molecule has 1 saturated heterocycles. The molecule has 1 aliphatic rings. The molecule has 1 fully saturated rings. The summed E-state index contributed by atoms with van der Waals surface area (Å²) in [6, 6.07) is 2.59. The Morgan fingerprint density at radius 3 is 3.20 bits per heavy atom. The van der Waals surface area contributed by atoms with Gasteiger partial charge in [-0.25, -0.2) is 0 Å². The third-order valence-corrected chi connectivity index (χ3v) is 3.42. The Balaban J connectivity index is 1.99. The molecule has 2 rings (SSSR count). The fourth-order valence-electron chi connectivity index (χ4n) is 2.21. The zero-order valence-electron chi connectivity index (χ0n) is 9.04. The van der Waals surface area contributed by atoms with Crippen LogP contribution in [0.5, 0.6) is 0 Å². The van der Waals surface area contributed by atoms with Gasteiger partial charge >= 0.3 is 0 Å². The van der Waals surface area contributed by atoms with Crippen molar-refractivity contribution in [2.45, 2.75) is 32.2 Å². The van der Waals surface area contributed by atoms with E-state index >= 15 is 0 Å². The van der Waals surface area contributed by atoms with Gasteiger partial charge in [0.05, 0.1) is 5.02 Å². The smallest absolute Gasteiger partial charge is 0.0621 e. The van der Waals surface area contributed by atoms with Crippen LogP contribution in [0.1, 0.15) is 25.3 Å². The Morgan fingerprint density at radius 2 is 2.47 bits per heavy atom. The van der Waals surface area contributed by atoms with Crippen molar-refractivity contribution < 1.29 is 0 Å². The highest BCUT2D eigenvalue weighted by Crippen LogP contribution is 2.21. The van der Waals surface area contributed by atoms with Gasteiger partial charge in [-0.15, -0.1) is 0 Å². The van der Waals surface area contributed by atoms with Crippen LogP contribution < -0.4 is 5.32 Å². The van der Waals surface area contributed by atoms with Crippen LogP contribution in [0.2, 0.25) is 5.02 Å². The van der Waals surface area contributed by atoms with Crippen LogP contribution in [0.25, 0.3) is 0 Å². The number of halogens is 1. The van der Waals surface area contributed by atoms with Crippen LogP contribution in [0.4, 0.5) is 0 Å². The van der Waals surface area contributed by atoms with E-state index in [0.29, 0.717) is 6.04 Å². The topological polar surface area (TPSA) is 24.9 Å². The lowest BCUT2D eigenvalue weighted by atomic mass is 9.91. The number of aromatic nitrogens is 1. The van der Waals surface area contributed by atoms with Gasteiger partial charge in [0, 0.05) is 18.4 Å². The second-order valence-electron chi connectivity index (χ2n) is 4.45. The first-order valence-electron chi connectivity index (χ1n) is 5.57. The van der Waals surface area contributed by atoms with Gasteiger partial charge in [-0.3, -0.25) is 4.98 Å². The Labute approximate surface area is 96.1 Å². The average molecular weight is 225 g/mol. The third kappa shape index (κ3) is 2.93. The lowest BCUT2D eigenvalue weighted by Crippen LogP contribution is -2.38. The standard InChI is InChI=1S/C12H17ClN2/c1-9-2-5-15-11(6-9)7-10-3-4-14-8-12(10)13/h3-4,8-9,11,15H,2,5-7H2,1H3. The lowest BCUT2D eigenvalue weighted by Gasteiger charge is -2.28. The molecule has 0 bridgehead atoms. The predicted octanol–water partition coefficient (Wildman–Crippen LogP) is 2.67. The maximum atomic E-state index is 6.09. The molecule has 2 atom stereocenters. The Bertz CT molecular complexity index is 327. The number of nitrogens with zero attached hydrogens (tertiary/aromatic N) is 1. The van der Waals surface area contributed by atoms with Crippen LogP contribution in [0.3, 0.4) is 0 Å². The van der Waals surface area contributed by atoms with E-state index in [0.717, 1.165) is 23.9 Å². The maximum absolute atomic E-state index is 6.09. The summed E-state index contributed by atoms with van der Waals surface area (Å²) in [5.74, 6) is 0.830. The molecule has 0 aromatic carbocycles. The normalized spacial score (nSPS) is 26.5. The summed E-state index contributed by atoms with van der Waals surface area (Å²) in [6.07, 6.45) is 7.10. The van der Waals surface area contributed by atoms with Crippen molar-refractivity contribution in [1.82, 2.24) is 10.3 Å². The summed E-state index contributed by atoms with van der Waals surface area (Å²) in [5, 5.41) is 4.34. The molecule has 82 valence electrons. The zero-order chi connectivity index (χ0) is 10.7. The first-order chi connectivity index (χ1) is 7.25. The molecule has 2 unspecified atom stereocenters. The van der Waals surface area contributed by atoms with Gasteiger partial charge in [0.2, 0.25) is 0 Å². The molecular formula is C12H17ClN2. The second kappa shape index (κ2) is 4.95. The molecule has 0 spiro atoms. The molecule has 1 aromatic heterocycles. The highest BCUT2D eigenvalue weighted by molar-refractivity contribution is 6.31. The van der Waals surface area contributed by atoms with Crippen molar-refractivity contribution in [3.8, 4) is 0 Å². The van der Waals surface area contributed by atoms with Crippen LogP contribution in [-0.4, -0.2) is 17.6 Å². The van der Waals surface area contributed by atoms with E-state index in [1.807, 2.05) is 12.3 Å². The summed E-state index contributed by atoms with van der Waals surface area (Å²) in [4.78, 5) is 4.00. The highest BCUT2D eigenvalue weighted by Gasteiger charge is 2.18. The monoisotopic (exact) mass is 224 g/mol. The Kier molecular flexibility index (Phi) is 3.60. The fraction of sp³-hybridized carbons (Fsp3) is 0.583. The fourth-order valence-corrected chi connectivity index (χ4v) is 2.41. The van der Waals surface area contributed by atoms with Gasteiger partial charge in [-0.05, 0) is 43.4 Å². The average Bonchev–Trinajstić information content (AvgIpc) is 2.22. The van der Waals surface area contributed by atoms with Crippen LogP contribution >= 0.6 is 11.6 Å². The number of rotatable bonds is 2. The van der Waals surface area contributed by atoms with E-state index in [1.54, 1.807) is 6.20 Å². The molecule has 15 heavy (non-hydrogen) atoms. The molecule has 0 saturated carbocycles. The summed E-state index contributed by atoms with van der Waals surface area (Å²) in [6.45, 7) is 3.45. The maximum Gasteiger partial charge on any atom is 0.0621 e. The Morgan fingerprint density at radius 1 is 1.60 bits per heavy atom. The van der Waals surface area contributed by atoms with Crippen molar-refractivity contribution >= 4 is 11.6 Å². The minimum absolute atomic E-state index is 0.577. The van der Waals surface area contributed by atoms with Crippen molar-refractivity contribution in [2.24, 2.45) is 5.92 Å². The Hall–Kier alpha value is -0.600. The summed E-state index contributed by atoms with van der Waals surface area (Å²) < 4.78 is 0. The summed E-state index contributed by atoms with van der Waals surface area (Å²) in [5.41, 5.74) is 1.21. The van der Waals surface area contributed by atoms with Gasteiger partial charge in [0.15, 0.2) is 0 Å². The van der Waals surface area contributed by atoms with E-state index in [4.69, 9.17) is 11.6 Å². The van der Waals surface area contributed by atoms with Crippen LogP contribution in [0.15, 0.2) is 18.5 Å². The summed E-state index contributed by atoms with van der Waals surface area (Å²) >= 11 is 6.09. The number of pyridine rings is 1. The lowest BCUT2D eigenvalue weighted by molar-refractivity contribution is 0.318. The third-order valence-electron chi connectivity index (χ3n) is 3.08. The van der Waals surface area contributed by atoms with Gasteiger partial charge < -0.3 is 5.32 Å². The molecule has 0 radical (unpaired) electrons. The van der Waals surface area contributed by atoms with Crippen LogP contribution in [0, 0.1) is 5.92 Å². The molecule has 0 amide bonds. The van der Waals surface area contributed by atoms with E-state index in [2.05, 4.69) is 17.2 Å². The van der Waals surface area contributed by atoms with Gasteiger partial charge in [-0.2, -0.15) is 0 Å². The molecule has 2 heterocycles. The van der Waals surface area contributed by atoms with Crippen LogP contribution in [-0.2, 0) is 6.42 Å². The quantitative estimate of drug-likeness (QED) is 0.836. The summed E-state index contributed by atoms with van der Waals surface area (Å²) in [7, 11) is 0. The van der Waals surface area contributed by atoms with Crippen molar-refractivity contribution in [2.75, 3.05) is 6.54 Å². The van der Waals surface area contributed by atoms with Gasteiger partial charge in [-0.1, -0.05) is 18.5 Å². The zero-order valence-corrected chi connectivity index (χ0v) is 9.80. The van der Waals surface area contributed by atoms with Crippen molar-refractivity contribution in [3.63, 3.8) is 0 Å². The minimum Gasteiger partial charge on any atom is -0.314 e. The molecule has 1 aliphatic heterocycles. The second-order valence-corrected chi connectivity index (χ2v) is 4.86. The van der Waals surface area contributed by atoms with E-state index < -0.39 is 0 Å². The van der Waals surface area contributed by atoms with E-state index in [1.165, 1.54) is 18.4 Å². The predicted molar refractivity (Wildman–Crippen MR) is 63.1 cm³/mol. The van der Waals surface area contributed by atoms with Crippen molar-refractivity contribution in [1.29, 1.82) is 0 Å². The minimum atomic E-state index is 0.577. The molecule has 3 heteroatoms. The largest absolute Gasteiger partial charge is 0.314 e. The molecule has 2 nitrogen and oxygen atoms in total. The number of piperidine rings is 1. The number of hydrogen-bond donors (Lipinski definition) is 1. The first kappa shape index (κ1) is 10.9. The molecular weight excluding hydrogens is 208 g/mol. The molecule has 0 aliphatic carbocycles. The van der Waals surface area contributed by atoms with E-state index in [-0.39, 0.29) is 0 Å². The van der Waals surface area contributed by atoms with Gasteiger partial charge in [0.25, 0.3) is 0 Å². The number of nitrogens with one attached hydrogen (secondary N) is 1. The SMILES string of the molecule is CC1CCNC(Cc2ccncc2Cl)C1. The van der Waals surface area contributed by atoms with Gasteiger partial charge in [0.1, 0.15) is 0 Å². The van der Waals surface area contributed by atoms with E-state index in [9.17, 15) is 0 Å². The first-order valence-corrected chi connectivity index (χ1v) is 5.95. The highest BCUT2D eigenvalue weighted by atomic mass is 35.5. The molecule has 1 aromatic rings.